The van der Waals surface area contributed by atoms with Gasteiger partial charge in [0.1, 0.15) is 5.75 Å². The van der Waals surface area contributed by atoms with Gasteiger partial charge in [-0.25, -0.2) is 0 Å². The van der Waals surface area contributed by atoms with E-state index in [1.54, 1.807) is 7.11 Å². The second kappa shape index (κ2) is 5.68. The molecule has 1 heterocycles. The Kier molecular flexibility index (Phi) is 3.49. The summed E-state index contributed by atoms with van der Waals surface area (Å²) >= 11 is 0. The smallest absolute Gasteiger partial charge is 0.262 e. The van der Waals surface area contributed by atoms with Crippen LogP contribution < -0.4 is 9.64 Å². The van der Waals surface area contributed by atoms with Gasteiger partial charge in [-0.2, -0.15) is 0 Å². The number of methoxy groups -OCH3 is 1. The van der Waals surface area contributed by atoms with E-state index in [2.05, 4.69) is 13.0 Å². The molecule has 24 heavy (non-hydrogen) atoms. The number of nitrogens with zero attached hydrogens (tertiary/aromatic N) is 1. The summed E-state index contributed by atoms with van der Waals surface area (Å²) in [5.41, 5.74) is 2.84. The maximum absolute atomic E-state index is 13.3. The number of hydrogen-bond donors (Lipinski definition) is 0. The minimum absolute atomic E-state index is 0.00458. The van der Waals surface area contributed by atoms with E-state index >= 15 is 0 Å². The van der Waals surface area contributed by atoms with Gasteiger partial charge in [-0.1, -0.05) is 42.5 Å². The van der Waals surface area contributed by atoms with E-state index in [4.69, 9.17) is 4.74 Å². The molecule has 0 N–H and O–H groups in total. The van der Waals surface area contributed by atoms with Crippen molar-refractivity contribution in [1.82, 2.24) is 0 Å². The van der Waals surface area contributed by atoms with Crippen LogP contribution in [0, 0.1) is 0 Å². The number of hydrogen-bond acceptors (Lipinski definition) is 2. The zero-order valence-electron chi connectivity index (χ0n) is 13.8. The SMILES string of the molecule is COc1cc2ccccc2cc1C(=O)N1c2ccccc2C[C@H]1C. The van der Waals surface area contributed by atoms with Gasteiger partial charge >= 0.3 is 0 Å². The lowest BCUT2D eigenvalue weighted by molar-refractivity contribution is 0.0978. The molecule has 3 heteroatoms. The third-order valence-electron chi connectivity index (χ3n) is 4.72. The molecule has 4 rings (SSSR count). The Bertz CT molecular complexity index is 932. The maximum atomic E-state index is 13.3. The fourth-order valence-electron chi connectivity index (χ4n) is 3.56. The summed E-state index contributed by atoms with van der Waals surface area (Å²) in [5.74, 6) is 0.616. The van der Waals surface area contributed by atoms with Gasteiger partial charge in [-0.3, -0.25) is 4.79 Å². The molecule has 3 aromatic rings. The molecule has 3 nitrogen and oxygen atoms in total. The van der Waals surface area contributed by atoms with Crippen molar-refractivity contribution in [3.05, 3.63) is 71.8 Å². The van der Waals surface area contributed by atoms with Crippen LogP contribution in [0.3, 0.4) is 0 Å². The molecule has 1 amide bonds. The number of benzene rings is 3. The fourth-order valence-corrected chi connectivity index (χ4v) is 3.56. The molecule has 0 fully saturated rings. The lowest BCUT2D eigenvalue weighted by Gasteiger charge is -2.24. The summed E-state index contributed by atoms with van der Waals surface area (Å²) in [6, 6.07) is 20.2. The van der Waals surface area contributed by atoms with Crippen molar-refractivity contribution < 1.29 is 9.53 Å². The molecule has 0 radical (unpaired) electrons. The topological polar surface area (TPSA) is 29.5 Å². The first kappa shape index (κ1) is 14.8. The maximum Gasteiger partial charge on any atom is 0.262 e. The van der Waals surface area contributed by atoms with Gasteiger partial charge in [0.15, 0.2) is 0 Å². The average Bonchev–Trinajstić information content (AvgIpc) is 2.95. The summed E-state index contributed by atoms with van der Waals surface area (Å²) in [6.07, 6.45) is 0.887. The summed E-state index contributed by atoms with van der Waals surface area (Å²) < 4.78 is 5.51. The molecule has 3 aromatic carbocycles. The van der Waals surface area contributed by atoms with Crippen LogP contribution in [0.15, 0.2) is 60.7 Å². The standard InChI is InChI=1S/C21H19NO2/c1-14-11-17-9-5-6-10-19(17)22(14)21(23)18-12-15-7-3-4-8-16(15)13-20(18)24-2/h3-10,12-14H,11H2,1-2H3/t14-/m1/s1. The molecule has 0 spiro atoms. The molecule has 120 valence electrons. The van der Waals surface area contributed by atoms with Crippen LogP contribution in [0.25, 0.3) is 10.8 Å². The van der Waals surface area contributed by atoms with Crippen molar-refractivity contribution in [2.75, 3.05) is 12.0 Å². The molecule has 0 unspecified atom stereocenters. The number of rotatable bonds is 2. The van der Waals surface area contributed by atoms with Gasteiger partial charge in [-0.05, 0) is 47.9 Å². The lowest BCUT2D eigenvalue weighted by Crippen LogP contribution is -2.35. The molecule has 0 saturated heterocycles. The number of fused-ring (bicyclic) bond motifs is 2. The van der Waals surface area contributed by atoms with Gasteiger partial charge in [0.05, 0.1) is 12.7 Å². The zero-order valence-corrected chi connectivity index (χ0v) is 13.8. The highest BCUT2D eigenvalue weighted by atomic mass is 16.5. The zero-order chi connectivity index (χ0) is 16.7. The van der Waals surface area contributed by atoms with E-state index < -0.39 is 0 Å². The molecular weight excluding hydrogens is 298 g/mol. The molecule has 0 bridgehead atoms. The van der Waals surface area contributed by atoms with Gasteiger partial charge in [-0.15, -0.1) is 0 Å². The number of para-hydroxylation sites is 1. The number of carbonyl (C=O) groups excluding carboxylic acids is 1. The Hall–Kier alpha value is -2.81. The first-order valence-electron chi connectivity index (χ1n) is 8.17. The molecule has 1 aliphatic rings. The van der Waals surface area contributed by atoms with E-state index in [1.807, 2.05) is 59.5 Å². The second-order valence-corrected chi connectivity index (χ2v) is 6.26. The fraction of sp³-hybridized carbons (Fsp3) is 0.190. The van der Waals surface area contributed by atoms with Crippen LogP contribution in [-0.2, 0) is 6.42 Å². The first-order chi connectivity index (χ1) is 11.7. The molecule has 0 aliphatic carbocycles. The van der Waals surface area contributed by atoms with Crippen LogP contribution in [0.4, 0.5) is 5.69 Å². The second-order valence-electron chi connectivity index (χ2n) is 6.26. The summed E-state index contributed by atoms with van der Waals surface area (Å²) in [6.45, 7) is 2.09. The van der Waals surface area contributed by atoms with E-state index in [0.717, 1.165) is 22.9 Å². The highest BCUT2D eigenvalue weighted by Crippen LogP contribution is 2.35. The molecule has 1 atom stereocenters. The van der Waals surface area contributed by atoms with Gasteiger partial charge in [0.25, 0.3) is 5.91 Å². The van der Waals surface area contributed by atoms with Crippen LogP contribution in [-0.4, -0.2) is 19.1 Å². The summed E-state index contributed by atoms with van der Waals surface area (Å²) in [7, 11) is 1.61. The number of ether oxygens (including phenoxy) is 1. The van der Waals surface area contributed by atoms with Crippen molar-refractivity contribution in [3.8, 4) is 5.75 Å². The number of anilines is 1. The average molecular weight is 317 g/mol. The molecular formula is C21H19NO2. The van der Waals surface area contributed by atoms with E-state index in [0.29, 0.717) is 11.3 Å². The highest BCUT2D eigenvalue weighted by molar-refractivity contribution is 6.11. The molecule has 0 saturated carbocycles. The monoisotopic (exact) mass is 317 g/mol. The normalized spacial score (nSPS) is 16.2. The quantitative estimate of drug-likeness (QED) is 0.699. The van der Waals surface area contributed by atoms with Gasteiger partial charge in [0.2, 0.25) is 0 Å². The van der Waals surface area contributed by atoms with Crippen molar-refractivity contribution in [2.45, 2.75) is 19.4 Å². The molecule has 0 aromatic heterocycles. The summed E-state index contributed by atoms with van der Waals surface area (Å²) in [4.78, 5) is 15.2. The molecule has 1 aliphatic heterocycles. The Balaban J connectivity index is 1.84. The number of amides is 1. The third kappa shape index (κ3) is 2.24. The van der Waals surface area contributed by atoms with Crippen molar-refractivity contribution in [1.29, 1.82) is 0 Å². The van der Waals surface area contributed by atoms with Crippen LogP contribution in [0.1, 0.15) is 22.8 Å². The van der Waals surface area contributed by atoms with E-state index in [9.17, 15) is 4.79 Å². The Morgan fingerprint density at radius 2 is 1.71 bits per heavy atom. The van der Waals surface area contributed by atoms with Crippen molar-refractivity contribution in [2.24, 2.45) is 0 Å². The largest absolute Gasteiger partial charge is 0.496 e. The van der Waals surface area contributed by atoms with Crippen LogP contribution in [0.5, 0.6) is 5.75 Å². The van der Waals surface area contributed by atoms with Crippen LogP contribution in [0.2, 0.25) is 0 Å². The minimum Gasteiger partial charge on any atom is -0.496 e. The van der Waals surface area contributed by atoms with E-state index in [-0.39, 0.29) is 11.9 Å². The minimum atomic E-state index is -0.00458. The lowest BCUT2D eigenvalue weighted by atomic mass is 10.0. The Labute approximate surface area is 141 Å². The Morgan fingerprint density at radius 1 is 1.04 bits per heavy atom. The third-order valence-corrected chi connectivity index (χ3v) is 4.72. The van der Waals surface area contributed by atoms with E-state index in [1.165, 1.54) is 5.56 Å². The highest BCUT2D eigenvalue weighted by Gasteiger charge is 2.32. The first-order valence-corrected chi connectivity index (χ1v) is 8.17. The van der Waals surface area contributed by atoms with Crippen LogP contribution >= 0.6 is 0 Å². The van der Waals surface area contributed by atoms with Crippen molar-refractivity contribution in [3.63, 3.8) is 0 Å². The van der Waals surface area contributed by atoms with Gasteiger partial charge < -0.3 is 9.64 Å². The summed E-state index contributed by atoms with van der Waals surface area (Å²) in [5, 5.41) is 2.11. The number of carbonyl (C=O) groups is 1. The van der Waals surface area contributed by atoms with Gasteiger partial charge in [0, 0.05) is 11.7 Å². The van der Waals surface area contributed by atoms with Crippen molar-refractivity contribution >= 4 is 22.4 Å². The predicted octanol–water partition coefficient (Wildman–Crippen LogP) is 4.44. The predicted molar refractivity (Wildman–Crippen MR) is 96.9 cm³/mol. The Morgan fingerprint density at radius 3 is 2.46 bits per heavy atom.